The molecule has 1 aromatic heterocycles. The number of carbonyl (C=O) groups excluding carboxylic acids is 2. The molecule has 8 heteroatoms. The summed E-state index contributed by atoms with van der Waals surface area (Å²) in [6.45, 7) is 5.30. The topological polar surface area (TPSA) is 79.7 Å². The van der Waals surface area contributed by atoms with Crippen molar-refractivity contribution in [1.82, 2.24) is 9.88 Å². The molecule has 0 radical (unpaired) electrons. The van der Waals surface area contributed by atoms with Gasteiger partial charge < -0.3 is 4.90 Å². The number of amides is 2. The summed E-state index contributed by atoms with van der Waals surface area (Å²) in [7, 11) is -2.57. The van der Waals surface area contributed by atoms with Crippen molar-refractivity contribution in [1.29, 1.82) is 0 Å². The molecular formula is C23H32FN3O3S. The van der Waals surface area contributed by atoms with Gasteiger partial charge in [-0.3, -0.25) is 14.6 Å². The second-order valence-electron chi connectivity index (χ2n) is 10.1. The molecule has 2 aliphatic heterocycles. The number of likely N-dealkylation sites (tertiary alicyclic amines) is 1. The molecule has 2 saturated heterocycles. The van der Waals surface area contributed by atoms with Gasteiger partial charge in [0.25, 0.3) is 5.91 Å². The van der Waals surface area contributed by atoms with Gasteiger partial charge >= 0.3 is 0 Å². The molecule has 3 aliphatic rings. The van der Waals surface area contributed by atoms with Gasteiger partial charge in [-0.25, -0.2) is 8.60 Å². The third kappa shape index (κ3) is 4.99. The molecule has 3 fully saturated rings. The minimum absolute atomic E-state index is 0.0411. The summed E-state index contributed by atoms with van der Waals surface area (Å²) in [5.41, 5.74) is 0.150. The van der Waals surface area contributed by atoms with Crippen LogP contribution in [0.15, 0.2) is 22.7 Å². The SMILES string of the molecule is CC(C)CC1(C(=O)N=S2(=O)CC3CC(CN(C(=O)Cc4ccc(F)cn4)C3)C2)CCC1. The van der Waals surface area contributed by atoms with Crippen molar-refractivity contribution in [2.45, 2.75) is 52.4 Å². The number of nitrogens with zero attached hydrogens (tertiary/aromatic N) is 3. The average molecular weight is 450 g/mol. The first kappa shape index (κ1) is 22.4. The zero-order valence-corrected chi connectivity index (χ0v) is 19.2. The molecule has 1 saturated carbocycles. The maximum atomic E-state index is 13.6. The molecule has 0 N–H and O–H groups in total. The van der Waals surface area contributed by atoms with Gasteiger partial charge in [0.1, 0.15) is 5.82 Å². The molecule has 2 amide bonds. The number of fused-ring (bicyclic) bond motifs is 2. The van der Waals surface area contributed by atoms with Gasteiger partial charge in [0.2, 0.25) is 5.91 Å². The second-order valence-corrected chi connectivity index (χ2v) is 12.5. The number of halogens is 1. The summed E-state index contributed by atoms with van der Waals surface area (Å²) in [4.78, 5) is 31.6. The van der Waals surface area contributed by atoms with E-state index in [1.165, 1.54) is 12.1 Å². The number of hydrogen-bond acceptors (Lipinski definition) is 4. The van der Waals surface area contributed by atoms with E-state index in [0.717, 1.165) is 38.3 Å². The van der Waals surface area contributed by atoms with Crippen LogP contribution in [0.2, 0.25) is 0 Å². The number of carbonyl (C=O) groups is 2. The molecule has 4 rings (SSSR count). The first-order valence-corrected chi connectivity index (χ1v) is 13.2. The second kappa shape index (κ2) is 8.60. The van der Waals surface area contributed by atoms with Crippen molar-refractivity contribution in [3.8, 4) is 0 Å². The third-order valence-corrected chi connectivity index (χ3v) is 9.39. The van der Waals surface area contributed by atoms with Crippen molar-refractivity contribution in [2.24, 2.45) is 27.5 Å². The van der Waals surface area contributed by atoms with Gasteiger partial charge in [-0.2, -0.15) is 4.36 Å². The molecule has 0 spiro atoms. The lowest BCUT2D eigenvalue weighted by molar-refractivity contribution is -0.134. The van der Waals surface area contributed by atoms with Crippen molar-refractivity contribution in [2.75, 3.05) is 24.6 Å². The maximum absolute atomic E-state index is 13.6. The fraction of sp³-hybridized carbons (Fsp3) is 0.696. The average Bonchev–Trinajstić information content (AvgIpc) is 2.65. The fourth-order valence-electron chi connectivity index (χ4n) is 5.56. The zero-order chi connectivity index (χ0) is 22.2. The van der Waals surface area contributed by atoms with E-state index in [0.29, 0.717) is 36.2 Å². The zero-order valence-electron chi connectivity index (χ0n) is 18.4. The molecule has 31 heavy (non-hydrogen) atoms. The van der Waals surface area contributed by atoms with E-state index in [1.807, 2.05) is 4.90 Å². The van der Waals surface area contributed by atoms with Gasteiger partial charge in [0.15, 0.2) is 0 Å². The van der Waals surface area contributed by atoms with E-state index in [-0.39, 0.29) is 30.1 Å². The predicted molar refractivity (Wildman–Crippen MR) is 117 cm³/mol. The normalized spacial score (nSPS) is 29.4. The first-order chi connectivity index (χ1) is 14.7. The lowest BCUT2D eigenvalue weighted by atomic mass is 9.64. The van der Waals surface area contributed by atoms with Crippen LogP contribution in [0, 0.1) is 29.0 Å². The Labute approximate surface area is 184 Å². The molecule has 6 nitrogen and oxygen atoms in total. The number of piperidine rings is 1. The molecule has 3 heterocycles. The number of aromatic nitrogens is 1. The Balaban J connectivity index is 1.42. The van der Waals surface area contributed by atoms with Gasteiger partial charge in [0, 0.05) is 30.3 Å². The number of pyridine rings is 1. The van der Waals surface area contributed by atoms with Crippen LogP contribution in [-0.4, -0.2) is 50.5 Å². The fourth-order valence-corrected chi connectivity index (χ4v) is 8.30. The standard InChI is InChI=1S/C23H32FN3O3S/c1-16(2)10-23(6-3-7-23)22(29)26-31(30)14-17-8-18(15-31)13-27(12-17)21(28)9-20-5-4-19(24)11-25-20/h4-5,11,16-18H,3,6-10,12-15H2,1-2H3. The van der Waals surface area contributed by atoms with E-state index >= 15 is 0 Å². The largest absolute Gasteiger partial charge is 0.342 e. The third-order valence-electron chi connectivity index (χ3n) is 6.90. The van der Waals surface area contributed by atoms with Crippen LogP contribution in [0.5, 0.6) is 0 Å². The summed E-state index contributed by atoms with van der Waals surface area (Å²) in [5, 5.41) is 0. The Hall–Kier alpha value is -1.83. The van der Waals surface area contributed by atoms with Crippen molar-refractivity contribution >= 4 is 21.5 Å². The summed E-state index contributed by atoms with van der Waals surface area (Å²) < 4.78 is 31.0. The minimum Gasteiger partial charge on any atom is -0.342 e. The van der Waals surface area contributed by atoms with Crippen molar-refractivity contribution in [3.05, 3.63) is 29.8 Å². The lowest BCUT2D eigenvalue weighted by Gasteiger charge is -2.43. The van der Waals surface area contributed by atoms with E-state index in [1.54, 1.807) is 0 Å². The molecule has 1 aromatic rings. The minimum atomic E-state index is -2.57. The monoisotopic (exact) mass is 449 g/mol. The van der Waals surface area contributed by atoms with Crippen LogP contribution < -0.4 is 0 Å². The Morgan fingerprint density at radius 1 is 1.26 bits per heavy atom. The molecule has 2 bridgehead atoms. The van der Waals surface area contributed by atoms with Gasteiger partial charge in [-0.1, -0.05) is 20.3 Å². The quantitative estimate of drug-likeness (QED) is 0.690. The predicted octanol–water partition coefficient (Wildman–Crippen LogP) is 3.45. The highest BCUT2D eigenvalue weighted by atomic mass is 32.2. The number of hydrogen-bond donors (Lipinski definition) is 0. The molecule has 1 aliphatic carbocycles. The number of rotatable bonds is 5. The van der Waals surface area contributed by atoms with Gasteiger partial charge in [-0.05, 0) is 55.6 Å². The van der Waals surface area contributed by atoms with Crippen LogP contribution in [0.1, 0.15) is 51.6 Å². The van der Waals surface area contributed by atoms with Crippen LogP contribution in [0.3, 0.4) is 0 Å². The Kier molecular flexibility index (Phi) is 6.21. The van der Waals surface area contributed by atoms with E-state index in [2.05, 4.69) is 23.2 Å². The maximum Gasteiger partial charge on any atom is 0.259 e. The highest BCUT2D eigenvalue weighted by Crippen LogP contribution is 2.47. The first-order valence-electron chi connectivity index (χ1n) is 11.3. The highest BCUT2D eigenvalue weighted by molar-refractivity contribution is 7.93. The van der Waals surface area contributed by atoms with E-state index in [4.69, 9.17) is 0 Å². The Bertz CT molecular complexity index is 945. The summed E-state index contributed by atoms with van der Waals surface area (Å²) in [6, 6.07) is 2.84. The summed E-state index contributed by atoms with van der Waals surface area (Å²) in [5.74, 6) is 0.797. The van der Waals surface area contributed by atoms with Crippen molar-refractivity contribution in [3.63, 3.8) is 0 Å². The molecule has 2 unspecified atom stereocenters. The molecule has 2 atom stereocenters. The Morgan fingerprint density at radius 3 is 2.45 bits per heavy atom. The van der Waals surface area contributed by atoms with Gasteiger partial charge in [-0.15, -0.1) is 0 Å². The Morgan fingerprint density at radius 2 is 1.94 bits per heavy atom. The van der Waals surface area contributed by atoms with E-state index in [9.17, 15) is 18.2 Å². The van der Waals surface area contributed by atoms with Crippen LogP contribution in [0.4, 0.5) is 4.39 Å². The highest BCUT2D eigenvalue weighted by Gasteiger charge is 2.46. The molecule has 0 aromatic carbocycles. The van der Waals surface area contributed by atoms with Gasteiger partial charge in [0.05, 0.1) is 27.8 Å². The summed E-state index contributed by atoms with van der Waals surface area (Å²) in [6.07, 6.45) is 5.75. The smallest absolute Gasteiger partial charge is 0.259 e. The lowest BCUT2D eigenvalue weighted by Crippen LogP contribution is -2.51. The van der Waals surface area contributed by atoms with Crippen LogP contribution in [-0.2, 0) is 25.7 Å². The van der Waals surface area contributed by atoms with E-state index < -0.39 is 21.0 Å². The van der Waals surface area contributed by atoms with Crippen LogP contribution in [0.25, 0.3) is 0 Å². The molecule has 170 valence electrons. The van der Waals surface area contributed by atoms with Crippen molar-refractivity contribution < 1.29 is 18.2 Å². The molecular weight excluding hydrogens is 417 g/mol. The van der Waals surface area contributed by atoms with Crippen LogP contribution >= 0.6 is 0 Å². The summed E-state index contributed by atoms with van der Waals surface area (Å²) >= 11 is 0.